The van der Waals surface area contributed by atoms with Gasteiger partial charge in [-0.15, -0.1) is 6.42 Å². The summed E-state index contributed by atoms with van der Waals surface area (Å²) in [5.74, 6) is 7.80. The van der Waals surface area contributed by atoms with Crippen molar-refractivity contribution in [3.05, 3.63) is 53.1 Å². The van der Waals surface area contributed by atoms with Crippen LogP contribution in [0.1, 0.15) is 16.7 Å². The molecule has 4 N–H and O–H groups in total. The van der Waals surface area contributed by atoms with Gasteiger partial charge in [0, 0.05) is 18.5 Å². The smallest absolute Gasteiger partial charge is 0.295 e. The van der Waals surface area contributed by atoms with Crippen LogP contribution in [0.15, 0.2) is 36.4 Å². The van der Waals surface area contributed by atoms with Crippen molar-refractivity contribution in [1.29, 1.82) is 0 Å². The third kappa shape index (κ3) is 4.13. The SMILES string of the molecule is C#CC(=O)NCc1ccc(CC#Cc2cc(O)c3nc(N)sc3c2)cc1. The molecule has 0 aliphatic carbocycles. The molecule has 0 spiro atoms. The van der Waals surface area contributed by atoms with Gasteiger partial charge in [0.15, 0.2) is 5.13 Å². The summed E-state index contributed by atoms with van der Waals surface area (Å²) in [6.07, 6.45) is 5.57. The first kappa shape index (κ1) is 17.3. The molecule has 0 saturated heterocycles. The predicted octanol–water partition coefficient (Wildman–Crippen LogP) is 2.43. The number of hydrogen-bond donors (Lipinski definition) is 3. The van der Waals surface area contributed by atoms with Crippen molar-refractivity contribution in [2.24, 2.45) is 0 Å². The molecule has 3 aromatic rings. The lowest BCUT2D eigenvalue weighted by Gasteiger charge is -2.02. The number of nitrogens with two attached hydrogens (primary N) is 1. The third-order valence-electron chi connectivity index (χ3n) is 3.62. The molecule has 2 aromatic carbocycles. The highest BCUT2D eigenvalue weighted by atomic mass is 32.1. The number of aromatic nitrogens is 1. The molecule has 0 aliphatic heterocycles. The molecule has 0 fully saturated rings. The molecule has 1 heterocycles. The number of fused-ring (bicyclic) bond motifs is 1. The van der Waals surface area contributed by atoms with E-state index in [1.807, 2.05) is 36.3 Å². The van der Waals surface area contributed by atoms with Gasteiger partial charge in [-0.05, 0) is 29.2 Å². The summed E-state index contributed by atoms with van der Waals surface area (Å²) in [5.41, 5.74) is 8.91. The molecule has 1 aromatic heterocycles. The number of benzene rings is 2. The van der Waals surface area contributed by atoms with Crippen molar-refractivity contribution >= 4 is 32.6 Å². The maximum Gasteiger partial charge on any atom is 0.295 e. The van der Waals surface area contributed by atoms with Crippen LogP contribution in [-0.4, -0.2) is 16.0 Å². The summed E-state index contributed by atoms with van der Waals surface area (Å²) < 4.78 is 0.810. The normalized spacial score (nSPS) is 9.96. The minimum Gasteiger partial charge on any atom is -0.506 e. The van der Waals surface area contributed by atoms with Gasteiger partial charge in [0.25, 0.3) is 5.91 Å². The highest BCUT2D eigenvalue weighted by Crippen LogP contribution is 2.31. The molecule has 5 nitrogen and oxygen atoms in total. The van der Waals surface area contributed by atoms with Crippen LogP contribution in [0.3, 0.4) is 0 Å². The number of phenolic OH excluding ortho intramolecular Hbond substituents is 1. The minimum atomic E-state index is -0.428. The first-order chi connectivity index (χ1) is 12.5. The van der Waals surface area contributed by atoms with Gasteiger partial charge in [-0.2, -0.15) is 0 Å². The van der Waals surface area contributed by atoms with Gasteiger partial charge in [-0.3, -0.25) is 4.79 Å². The van der Waals surface area contributed by atoms with E-state index < -0.39 is 5.91 Å². The van der Waals surface area contributed by atoms with E-state index in [9.17, 15) is 9.90 Å². The molecule has 0 unspecified atom stereocenters. The van der Waals surface area contributed by atoms with Crippen LogP contribution in [0.2, 0.25) is 0 Å². The molecular formula is C20H15N3O2S. The van der Waals surface area contributed by atoms with Crippen molar-refractivity contribution in [2.75, 3.05) is 5.73 Å². The number of nitrogen functional groups attached to an aromatic ring is 1. The van der Waals surface area contributed by atoms with E-state index in [-0.39, 0.29) is 5.75 Å². The molecule has 26 heavy (non-hydrogen) atoms. The number of carbonyl (C=O) groups is 1. The van der Waals surface area contributed by atoms with Crippen molar-refractivity contribution in [3.8, 4) is 29.9 Å². The predicted molar refractivity (Wildman–Crippen MR) is 103 cm³/mol. The van der Waals surface area contributed by atoms with Crippen LogP contribution in [0.5, 0.6) is 5.75 Å². The molecule has 6 heteroatoms. The van der Waals surface area contributed by atoms with E-state index in [1.165, 1.54) is 11.3 Å². The highest BCUT2D eigenvalue weighted by Gasteiger charge is 2.07. The molecule has 0 bridgehead atoms. The number of phenols is 1. The summed E-state index contributed by atoms with van der Waals surface area (Å²) in [4.78, 5) is 15.1. The van der Waals surface area contributed by atoms with E-state index in [0.29, 0.717) is 29.2 Å². The molecular weight excluding hydrogens is 346 g/mol. The monoisotopic (exact) mass is 361 g/mol. The Morgan fingerprint density at radius 1 is 1.27 bits per heavy atom. The van der Waals surface area contributed by atoms with Gasteiger partial charge in [0.05, 0.1) is 4.70 Å². The third-order valence-corrected chi connectivity index (χ3v) is 4.46. The van der Waals surface area contributed by atoms with E-state index in [4.69, 9.17) is 12.2 Å². The Balaban J connectivity index is 1.66. The van der Waals surface area contributed by atoms with Gasteiger partial charge in [-0.25, -0.2) is 4.98 Å². The van der Waals surface area contributed by atoms with Crippen LogP contribution in [-0.2, 0) is 17.8 Å². The summed E-state index contributed by atoms with van der Waals surface area (Å²) in [5, 5.41) is 13.0. The zero-order chi connectivity index (χ0) is 18.5. The Bertz CT molecular complexity index is 1070. The molecule has 0 aliphatic rings. The first-order valence-electron chi connectivity index (χ1n) is 7.75. The zero-order valence-electron chi connectivity index (χ0n) is 13.7. The second-order valence-electron chi connectivity index (χ2n) is 5.52. The lowest BCUT2D eigenvalue weighted by Crippen LogP contribution is -2.20. The number of nitrogens with zero attached hydrogens (tertiary/aromatic N) is 1. The number of thiazole rings is 1. The van der Waals surface area contributed by atoms with Crippen molar-refractivity contribution in [3.63, 3.8) is 0 Å². The van der Waals surface area contributed by atoms with Crippen LogP contribution < -0.4 is 11.1 Å². The zero-order valence-corrected chi connectivity index (χ0v) is 14.6. The van der Waals surface area contributed by atoms with Gasteiger partial charge in [0.1, 0.15) is 11.3 Å². The highest BCUT2D eigenvalue weighted by molar-refractivity contribution is 7.22. The lowest BCUT2D eigenvalue weighted by molar-refractivity contribution is -0.115. The number of amides is 1. The Morgan fingerprint density at radius 2 is 2.00 bits per heavy atom. The van der Waals surface area contributed by atoms with E-state index >= 15 is 0 Å². The average Bonchev–Trinajstić information content (AvgIpc) is 3.01. The summed E-state index contributed by atoms with van der Waals surface area (Å²) in [6.45, 7) is 0.395. The fourth-order valence-electron chi connectivity index (χ4n) is 2.36. The van der Waals surface area contributed by atoms with Crippen molar-refractivity contribution in [1.82, 2.24) is 10.3 Å². The Hall–Kier alpha value is -3.48. The summed E-state index contributed by atoms with van der Waals surface area (Å²) in [6, 6.07) is 11.2. The molecule has 3 rings (SSSR count). The number of anilines is 1. The van der Waals surface area contributed by atoms with Crippen LogP contribution in [0.25, 0.3) is 10.2 Å². The fraction of sp³-hybridized carbons (Fsp3) is 0.100. The van der Waals surface area contributed by atoms with Crippen molar-refractivity contribution < 1.29 is 9.90 Å². The summed E-state index contributed by atoms with van der Waals surface area (Å²) in [7, 11) is 0. The van der Waals surface area contributed by atoms with Crippen LogP contribution >= 0.6 is 11.3 Å². The molecule has 0 saturated carbocycles. The number of aromatic hydroxyl groups is 1. The number of nitrogens with one attached hydrogen (secondary N) is 1. The number of terminal acetylenes is 1. The standard InChI is InChI=1S/C20H15N3O2S/c1-2-18(25)22-12-14-8-6-13(7-9-14)4-3-5-15-10-16(24)19-17(11-15)26-20(21)23-19/h1,6-11,24H,4,12H2,(H2,21,23)(H,22,25). The number of rotatable bonds is 3. The number of carbonyl (C=O) groups excluding carboxylic acids is 1. The molecule has 128 valence electrons. The molecule has 1 amide bonds. The summed E-state index contributed by atoms with van der Waals surface area (Å²) >= 11 is 1.32. The van der Waals surface area contributed by atoms with Gasteiger partial charge < -0.3 is 16.2 Å². The first-order valence-corrected chi connectivity index (χ1v) is 8.57. The largest absolute Gasteiger partial charge is 0.506 e. The second-order valence-corrected chi connectivity index (χ2v) is 6.58. The van der Waals surface area contributed by atoms with Gasteiger partial charge in [-0.1, -0.05) is 47.4 Å². The topological polar surface area (TPSA) is 88.2 Å². The average molecular weight is 361 g/mol. The van der Waals surface area contributed by atoms with E-state index in [2.05, 4.69) is 22.1 Å². The lowest BCUT2D eigenvalue weighted by atomic mass is 10.1. The van der Waals surface area contributed by atoms with Crippen molar-refractivity contribution in [2.45, 2.75) is 13.0 Å². The van der Waals surface area contributed by atoms with Gasteiger partial charge >= 0.3 is 0 Å². The fourth-order valence-corrected chi connectivity index (χ4v) is 3.15. The maximum absolute atomic E-state index is 11.0. The quantitative estimate of drug-likeness (QED) is 0.625. The van der Waals surface area contributed by atoms with E-state index in [1.54, 1.807) is 6.07 Å². The number of hydrogen-bond acceptors (Lipinski definition) is 5. The minimum absolute atomic E-state index is 0.0816. The van der Waals surface area contributed by atoms with Gasteiger partial charge in [0.2, 0.25) is 0 Å². The Morgan fingerprint density at radius 3 is 2.73 bits per heavy atom. The molecule has 0 atom stereocenters. The van der Waals surface area contributed by atoms with Crippen LogP contribution in [0.4, 0.5) is 5.13 Å². The Kier molecular flexibility index (Phi) is 5.07. The molecule has 0 radical (unpaired) electrons. The Labute approximate surface area is 154 Å². The second kappa shape index (κ2) is 7.60. The maximum atomic E-state index is 11.0. The van der Waals surface area contributed by atoms with Crippen LogP contribution in [0, 0.1) is 24.2 Å². The van der Waals surface area contributed by atoms with E-state index in [0.717, 1.165) is 15.8 Å².